The molecule has 0 amide bonds. The predicted molar refractivity (Wildman–Crippen MR) is 76.0 cm³/mol. The van der Waals surface area contributed by atoms with Crippen molar-refractivity contribution in [1.82, 2.24) is 9.97 Å². The number of fused-ring (bicyclic) bond motifs is 1. The Hall–Kier alpha value is -1.71. The molecular weight excluding hydrogens is 269 g/mol. The Morgan fingerprint density at radius 2 is 1.72 bits per heavy atom. The molecule has 0 saturated carbocycles. The Labute approximate surface area is 114 Å². The van der Waals surface area contributed by atoms with Crippen LogP contribution in [0.15, 0.2) is 36.4 Å². The highest BCUT2D eigenvalue weighted by atomic mass is 35.5. The molecule has 1 aromatic heterocycles. The second-order valence-corrected chi connectivity index (χ2v) is 4.73. The minimum Gasteiger partial charge on any atom is -0.397 e. The van der Waals surface area contributed by atoms with Crippen molar-refractivity contribution in [2.24, 2.45) is 0 Å². The number of anilines is 1. The van der Waals surface area contributed by atoms with Gasteiger partial charge in [-0.2, -0.15) is 0 Å². The van der Waals surface area contributed by atoms with Gasteiger partial charge in [-0.3, -0.25) is 0 Å². The van der Waals surface area contributed by atoms with Crippen LogP contribution in [0.25, 0.3) is 22.4 Å². The maximum Gasteiger partial charge on any atom is 0.142 e. The van der Waals surface area contributed by atoms with Gasteiger partial charge in [0.2, 0.25) is 0 Å². The largest absolute Gasteiger partial charge is 0.397 e. The number of H-pyrrole nitrogens is 1. The van der Waals surface area contributed by atoms with Crippen molar-refractivity contribution in [2.45, 2.75) is 0 Å². The van der Waals surface area contributed by atoms with Gasteiger partial charge >= 0.3 is 0 Å². The zero-order chi connectivity index (χ0) is 12.7. The van der Waals surface area contributed by atoms with Crippen LogP contribution >= 0.6 is 23.2 Å². The van der Waals surface area contributed by atoms with E-state index in [1.807, 2.05) is 24.3 Å². The van der Waals surface area contributed by atoms with Crippen LogP contribution in [0.2, 0.25) is 10.0 Å². The first-order valence-corrected chi connectivity index (χ1v) is 6.11. The number of nitrogens with zero attached hydrogens (tertiary/aromatic N) is 1. The first-order chi connectivity index (χ1) is 8.66. The molecule has 0 fully saturated rings. The molecule has 0 unspecified atom stereocenters. The summed E-state index contributed by atoms with van der Waals surface area (Å²) in [5.41, 5.74) is 8.83. The molecule has 3 nitrogen and oxygen atoms in total. The molecule has 0 spiro atoms. The smallest absolute Gasteiger partial charge is 0.142 e. The van der Waals surface area contributed by atoms with Gasteiger partial charge in [0.15, 0.2) is 0 Å². The third-order valence-corrected chi connectivity index (χ3v) is 3.41. The monoisotopic (exact) mass is 277 g/mol. The van der Waals surface area contributed by atoms with Gasteiger partial charge in [0, 0.05) is 0 Å². The highest BCUT2D eigenvalue weighted by Gasteiger charge is 2.14. The number of hydrogen-bond acceptors (Lipinski definition) is 2. The van der Waals surface area contributed by atoms with Gasteiger partial charge in [0.1, 0.15) is 5.82 Å². The van der Waals surface area contributed by atoms with Crippen LogP contribution in [0.5, 0.6) is 0 Å². The zero-order valence-corrected chi connectivity index (χ0v) is 10.8. The fraction of sp³-hybridized carbons (Fsp3) is 0. The van der Waals surface area contributed by atoms with Crippen molar-refractivity contribution in [2.75, 3.05) is 5.73 Å². The fourth-order valence-electron chi connectivity index (χ4n) is 1.88. The molecule has 0 aliphatic rings. The van der Waals surface area contributed by atoms with Crippen molar-refractivity contribution >= 4 is 39.9 Å². The Balaban J connectivity index is 2.29. The molecule has 1 heterocycles. The number of rotatable bonds is 1. The molecule has 3 rings (SSSR count). The van der Waals surface area contributed by atoms with E-state index in [0.29, 0.717) is 27.1 Å². The van der Waals surface area contributed by atoms with Gasteiger partial charge in [0.05, 0.1) is 32.3 Å². The van der Waals surface area contributed by atoms with E-state index in [9.17, 15) is 0 Å². The normalized spacial score (nSPS) is 11.0. The van der Waals surface area contributed by atoms with Crippen LogP contribution in [0.4, 0.5) is 5.69 Å². The molecule has 5 heteroatoms. The summed E-state index contributed by atoms with van der Waals surface area (Å²) in [5, 5.41) is 0.991. The molecule has 18 heavy (non-hydrogen) atoms. The van der Waals surface area contributed by atoms with Gasteiger partial charge in [-0.25, -0.2) is 4.98 Å². The van der Waals surface area contributed by atoms with Gasteiger partial charge in [-0.15, -0.1) is 0 Å². The minimum absolute atomic E-state index is 0.434. The van der Waals surface area contributed by atoms with Crippen LogP contribution in [0.3, 0.4) is 0 Å². The lowest BCUT2D eigenvalue weighted by Gasteiger charge is -2.06. The number of aromatic amines is 1. The summed E-state index contributed by atoms with van der Waals surface area (Å²) in [6.07, 6.45) is 0. The molecule has 0 bridgehead atoms. The maximum absolute atomic E-state index is 6.16. The van der Waals surface area contributed by atoms with E-state index >= 15 is 0 Å². The summed E-state index contributed by atoms with van der Waals surface area (Å²) in [4.78, 5) is 7.65. The third-order valence-electron chi connectivity index (χ3n) is 2.77. The average Bonchev–Trinajstić information content (AvgIpc) is 2.77. The van der Waals surface area contributed by atoms with E-state index in [1.54, 1.807) is 12.1 Å². The van der Waals surface area contributed by atoms with Gasteiger partial charge in [-0.05, 0) is 24.3 Å². The molecule has 3 aromatic rings. The van der Waals surface area contributed by atoms with Crippen molar-refractivity contribution < 1.29 is 0 Å². The molecule has 0 atom stereocenters. The van der Waals surface area contributed by atoms with E-state index in [-0.39, 0.29) is 0 Å². The predicted octanol–water partition coefficient (Wildman–Crippen LogP) is 4.12. The van der Waals surface area contributed by atoms with Gasteiger partial charge < -0.3 is 10.7 Å². The lowest BCUT2D eigenvalue weighted by Crippen LogP contribution is -1.93. The summed E-state index contributed by atoms with van der Waals surface area (Å²) in [6, 6.07) is 11.1. The van der Waals surface area contributed by atoms with E-state index in [2.05, 4.69) is 9.97 Å². The van der Waals surface area contributed by atoms with E-state index in [0.717, 1.165) is 11.0 Å². The SMILES string of the molecule is Nc1c(Cl)ccc(Cl)c1-c1nc2ccccc2[nH]1. The fourth-order valence-corrected chi connectivity index (χ4v) is 2.29. The summed E-state index contributed by atoms with van der Waals surface area (Å²) in [6.45, 7) is 0. The molecule has 2 aromatic carbocycles. The number of nitrogens with one attached hydrogen (secondary N) is 1. The van der Waals surface area contributed by atoms with Crippen molar-refractivity contribution in [1.29, 1.82) is 0 Å². The Morgan fingerprint density at radius 1 is 1.00 bits per heavy atom. The first-order valence-electron chi connectivity index (χ1n) is 5.35. The van der Waals surface area contributed by atoms with Gasteiger partial charge in [0.25, 0.3) is 0 Å². The van der Waals surface area contributed by atoms with Crippen LogP contribution in [-0.2, 0) is 0 Å². The number of benzene rings is 2. The number of hydrogen-bond donors (Lipinski definition) is 2. The molecular formula is C13H9Cl2N3. The second kappa shape index (κ2) is 4.19. The summed E-state index contributed by atoms with van der Waals surface area (Å²) in [5.74, 6) is 0.626. The number of para-hydroxylation sites is 2. The van der Waals surface area contributed by atoms with Crippen molar-refractivity contribution in [3.05, 3.63) is 46.4 Å². The third kappa shape index (κ3) is 1.72. The van der Waals surface area contributed by atoms with Gasteiger partial charge in [-0.1, -0.05) is 35.3 Å². The molecule has 3 N–H and O–H groups in total. The zero-order valence-electron chi connectivity index (χ0n) is 9.24. The summed E-state index contributed by atoms with van der Waals surface area (Å²) in [7, 11) is 0. The average molecular weight is 278 g/mol. The van der Waals surface area contributed by atoms with Crippen molar-refractivity contribution in [3.8, 4) is 11.4 Å². The highest BCUT2D eigenvalue weighted by Crippen LogP contribution is 2.36. The minimum atomic E-state index is 0.434. The molecule has 0 radical (unpaired) electrons. The van der Waals surface area contributed by atoms with E-state index < -0.39 is 0 Å². The molecule has 90 valence electrons. The second-order valence-electron chi connectivity index (χ2n) is 3.92. The number of imidazole rings is 1. The maximum atomic E-state index is 6.16. The van der Waals surface area contributed by atoms with E-state index in [4.69, 9.17) is 28.9 Å². The summed E-state index contributed by atoms with van der Waals surface area (Å²) >= 11 is 12.2. The Morgan fingerprint density at radius 3 is 2.50 bits per heavy atom. The van der Waals surface area contributed by atoms with E-state index in [1.165, 1.54) is 0 Å². The summed E-state index contributed by atoms with van der Waals surface area (Å²) < 4.78 is 0. The van der Waals surface area contributed by atoms with Crippen LogP contribution in [-0.4, -0.2) is 9.97 Å². The number of halogens is 2. The van der Waals surface area contributed by atoms with Crippen molar-refractivity contribution in [3.63, 3.8) is 0 Å². The van der Waals surface area contributed by atoms with Crippen LogP contribution in [0, 0.1) is 0 Å². The number of aromatic nitrogens is 2. The molecule has 0 saturated heterocycles. The van der Waals surface area contributed by atoms with Crippen LogP contribution in [0.1, 0.15) is 0 Å². The lowest BCUT2D eigenvalue weighted by atomic mass is 10.1. The number of nitrogens with two attached hydrogens (primary N) is 1. The quantitative estimate of drug-likeness (QED) is 0.658. The first kappa shape index (κ1) is 11.4. The topological polar surface area (TPSA) is 54.7 Å². The molecule has 0 aliphatic carbocycles. The Kier molecular flexibility index (Phi) is 2.65. The lowest BCUT2D eigenvalue weighted by molar-refractivity contribution is 1.34. The van der Waals surface area contributed by atoms with Crippen LogP contribution < -0.4 is 5.73 Å². The Bertz CT molecular complexity index is 701. The highest BCUT2D eigenvalue weighted by molar-refractivity contribution is 6.37. The number of nitrogen functional groups attached to an aromatic ring is 1. The standard InChI is InChI=1S/C13H9Cl2N3/c14-7-5-6-8(15)12(16)11(7)13-17-9-3-1-2-4-10(9)18-13/h1-6H,16H2,(H,17,18). The molecule has 0 aliphatic heterocycles.